The lowest BCUT2D eigenvalue weighted by Crippen LogP contribution is -2.33. The average Bonchev–Trinajstić information content (AvgIpc) is 3.04. The normalized spacial score (nSPS) is 16.8. The molecular weight excluding hydrogens is 312 g/mol. The Balaban J connectivity index is 0.00000192. The van der Waals surface area contributed by atoms with Crippen LogP contribution < -0.4 is 15.4 Å². The van der Waals surface area contributed by atoms with Crippen LogP contribution in [0.1, 0.15) is 19.3 Å². The van der Waals surface area contributed by atoms with Gasteiger partial charge in [-0.1, -0.05) is 36.4 Å². The van der Waals surface area contributed by atoms with E-state index in [0.717, 1.165) is 29.5 Å². The molecule has 1 saturated heterocycles. The first-order valence-electron chi connectivity index (χ1n) is 7.93. The van der Waals surface area contributed by atoms with E-state index >= 15 is 0 Å². The molecule has 1 aliphatic rings. The Morgan fingerprint density at radius 3 is 2.87 bits per heavy atom. The number of nitrogens with one attached hydrogen (secondary N) is 2. The van der Waals surface area contributed by atoms with Crippen LogP contribution in [0, 0.1) is 0 Å². The molecule has 0 radical (unpaired) electrons. The van der Waals surface area contributed by atoms with Gasteiger partial charge in [0.15, 0.2) is 0 Å². The molecule has 2 N–H and O–H groups in total. The third-order valence-corrected chi connectivity index (χ3v) is 4.03. The number of ether oxygens (including phenoxy) is 1. The maximum absolute atomic E-state index is 11.8. The summed E-state index contributed by atoms with van der Waals surface area (Å²) >= 11 is 0. The van der Waals surface area contributed by atoms with Gasteiger partial charge < -0.3 is 15.4 Å². The first-order valence-corrected chi connectivity index (χ1v) is 7.93. The molecule has 0 spiro atoms. The molecule has 1 fully saturated rings. The lowest BCUT2D eigenvalue weighted by Gasteiger charge is -2.12. The second-order valence-corrected chi connectivity index (χ2v) is 5.67. The molecule has 1 aliphatic heterocycles. The smallest absolute Gasteiger partial charge is 0.221 e. The van der Waals surface area contributed by atoms with Gasteiger partial charge in [-0.15, -0.1) is 12.4 Å². The Kier molecular flexibility index (Phi) is 6.68. The molecule has 1 unspecified atom stereocenters. The van der Waals surface area contributed by atoms with Crippen molar-refractivity contribution in [2.45, 2.75) is 25.3 Å². The van der Waals surface area contributed by atoms with Gasteiger partial charge in [-0.3, -0.25) is 4.79 Å². The van der Waals surface area contributed by atoms with Gasteiger partial charge in [0.1, 0.15) is 12.4 Å². The van der Waals surface area contributed by atoms with Gasteiger partial charge >= 0.3 is 0 Å². The molecule has 0 aromatic heterocycles. The van der Waals surface area contributed by atoms with Crippen molar-refractivity contribution < 1.29 is 9.53 Å². The van der Waals surface area contributed by atoms with E-state index in [2.05, 4.69) is 28.8 Å². The van der Waals surface area contributed by atoms with Gasteiger partial charge in [0.25, 0.3) is 0 Å². The highest BCUT2D eigenvalue weighted by Gasteiger charge is 2.17. The van der Waals surface area contributed by atoms with Gasteiger partial charge in [0.2, 0.25) is 5.91 Å². The molecule has 0 aliphatic carbocycles. The number of hydrogen-bond donors (Lipinski definition) is 2. The van der Waals surface area contributed by atoms with Crippen molar-refractivity contribution in [2.24, 2.45) is 0 Å². The van der Waals surface area contributed by atoms with Crippen molar-refractivity contribution in [3.8, 4) is 5.75 Å². The summed E-state index contributed by atoms with van der Waals surface area (Å²) in [5.74, 6) is 0.964. The minimum atomic E-state index is 0. The summed E-state index contributed by atoms with van der Waals surface area (Å²) < 4.78 is 5.81. The SMILES string of the molecule is Cl.O=C(CC1CCCN1)NCCOc1cccc2ccccc12. The van der Waals surface area contributed by atoms with Crippen LogP contribution >= 0.6 is 12.4 Å². The summed E-state index contributed by atoms with van der Waals surface area (Å²) in [7, 11) is 0. The van der Waals surface area contributed by atoms with E-state index in [9.17, 15) is 4.79 Å². The number of halogens is 1. The molecule has 23 heavy (non-hydrogen) atoms. The van der Waals surface area contributed by atoms with Crippen LogP contribution in [0.15, 0.2) is 42.5 Å². The molecule has 2 aromatic rings. The Labute approximate surface area is 143 Å². The van der Waals surface area contributed by atoms with Crippen molar-refractivity contribution in [3.63, 3.8) is 0 Å². The van der Waals surface area contributed by atoms with Crippen molar-refractivity contribution in [2.75, 3.05) is 19.7 Å². The summed E-state index contributed by atoms with van der Waals surface area (Å²) in [5.41, 5.74) is 0. The number of carbonyl (C=O) groups is 1. The van der Waals surface area contributed by atoms with E-state index < -0.39 is 0 Å². The standard InChI is InChI=1S/C18H22N2O2.ClH/c21-18(13-15-7-4-10-19-15)20-11-12-22-17-9-3-6-14-5-1-2-8-16(14)17;/h1-3,5-6,8-9,15,19H,4,7,10-13H2,(H,20,21);1H. The van der Waals surface area contributed by atoms with Crippen LogP contribution in [0.2, 0.25) is 0 Å². The number of benzene rings is 2. The highest BCUT2D eigenvalue weighted by atomic mass is 35.5. The minimum absolute atomic E-state index is 0. The van der Waals surface area contributed by atoms with E-state index in [1.807, 2.05) is 24.3 Å². The first-order chi connectivity index (χ1) is 10.8. The number of hydrogen-bond acceptors (Lipinski definition) is 3. The Morgan fingerprint density at radius 2 is 2.04 bits per heavy atom. The Bertz CT molecular complexity index is 636. The lowest BCUT2D eigenvalue weighted by molar-refractivity contribution is -0.121. The van der Waals surface area contributed by atoms with Crippen LogP contribution in [0.3, 0.4) is 0 Å². The molecule has 1 amide bonds. The van der Waals surface area contributed by atoms with Crippen LogP contribution in [-0.4, -0.2) is 31.6 Å². The zero-order chi connectivity index (χ0) is 15.2. The number of carbonyl (C=O) groups excluding carboxylic acids is 1. The zero-order valence-corrected chi connectivity index (χ0v) is 13.9. The van der Waals surface area contributed by atoms with E-state index in [4.69, 9.17) is 4.74 Å². The fourth-order valence-electron chi connectivity index (χ4n) is 2.90. The summed E-state index contributed by atoms with van der Waals surface area (Å²) in [6, 6.07) is 14.5. The summed E-state index contributed by atoms with van der Waals surface area (Å²) in [6.45, 7) is 2.05. The topological polar surface area (TPSA) is 50.4 Å². The maximum Gasteiger partial charge on any atom is 0.221 e. The molecule has 124 valence electrons. The fraction of sp³-hybridized carbons (Fsp3) is 0.389. The molecule has 4 nitrogen and oxygen atoms in total. The Morgan fingerprint density at radius 1 is 1.22 bits per heavy atom. The van der Waals surface area contributed by atoms with Crippen LogP contribution in [0.4, 0.5) is 0 Å². The molecule has 3 rings (SSSR count). The van der Waals surface area contributed by atoms with E-state index in [1.54, 1.807) is 0 Å². The molecule has 2 aromatic carbocycles. The Hall–Kier alpha value is -1.78. The van der Waals surface area contributed by atoms with E-state index in [1.165, 1.54) is 6.42 Å². The molecular formula is C18H23ClN2O2. The summed E-state index contributed by atoms with van der Waals surface area (Å²) in [4.78, 5) is 11.8. The second kappa shape index (κ2) is 8.75. The molecule has 0 saturated carbocycles. The van der Waals surface area contributed by atoms with Gasteiger partial charge in [0, 0.05) is 17.8 Å². The summed E-state index contributed by atoms with van der Waals surface area (Å²) in [6.07, 6.45) is 2.83. The van der Waals surface area contributed by atoms with Crippen molar-refractivity contribution >= 4 is 29.1 Å². The zero-order valence-electron chi connectivity index (χ0n) is 13.1. The second-order valence-electron chi connectivity index (χ2n) is 5.67. The van der Waals surface area contributed by atoms with Crippen LogP contribution in [0.25, 0.3) is 10.8 Å². The molecule has 1 atom stereocenters. The molecule has 5 heteroatoms. The van der Waals surface area contributed by atoms with E-state index in [0.29, 0.717) is 25.6 Å². The van der Waals surface area contributed by atoms with Gasteiger partial charge in [0.05, 0.1) is 6.54 Å². The monoisotopic (exact) mass is 334 g/mol. The predicted octanol–water partition coefficient (Wildman–Crippen LogP) is 2.90. The minimum Gasteiger partial charge on any atom is -0.491 e. The van der Waals surface area contributed by atoms with Gasteiger partial charge in [-0.05, 0) is 30.8 Å². The van der Waals surface area contributed by atoms with Crippen LogP contribution in [0.5, 0.6) is 5.75 Å². The number of fused-ring (bicyclic) bond motifs is 1. The van der Waals surface area contributed by atoms with E-state index in [-0.39, 0.29) is 18.3 Å². The third-order valence-electron chi connectivity index (χ3n) is 4.03. The number of rotatable bonds is 6. The lowest BCUT2D eigenvalue weighted by atomic mass is 10.1. The maximum atomic E-state index is 11.8. The van der Waals surface area contributed by atoms with Gasteiger partial charge in [-0.25, -0.2) is 0 Å². The quantitative estimate of drug-likeness (QED) is 0.799. The first kappa shape index (κ1) is 17.6. The van der Waals surface area contributed by atoms with Gasteiger partial charge in [-0.2, -0.15) is 0 Å². The predicted molar refractivity (Wildman–Crippen MR) is 95.3 cm³/mol. The molecule has 0 bridgehead atoms. The van der Waals surface area contributed by atoms with Crippen molar-refractivity contribution in [1.82, 2.24) is 10.6 Å². The number of amides is 1. The van der Waals surface area contributed by atoms with Crippen molar-refractivity contribution in [3.05, 3.63) is 42.5 Å². The fourth-order valence-corrected chi connectivity index (χ4v) is 2.90. The highest BCUT2D eigenvalue weighted by Crippen LogP contribution is 2.24. The average molecular weight is 335 g/mol. The van der Waals surface area contributed by atoms with Crippen molar-refractivity contribution in [1.29, 1.82) is 0 Å². The highest BCUT2D eigenvalue weighted by molar-refractivity contribution is 5.88. The third kappa shape index (κ3) is 4.85. The summed E-state index contributed by atoms with van der Waals surface area (Å²) in [5, 5.41) is 8.52. The van der Waals surface area contributed by atoms with Crippen LogP contribution in [-0.2, 0) is 4.79 Å². The molecule has 1 heterocycles. The largest absolute Gasteiger partial charge is 0.491 e.